The van der Waals surface area contributed by atoms with Gasteiger partial charge in [-0.15, -0.1) is 0 Å². The van der Waals surface area contributed by atoms with Crippen LogP contribution in [0.4, 0.5) is 0 Å². The summed E-state index contributed by atoms with van der Waals surface area (Å²) in [7, 11) is 0. The Morgan fingerprint density at radius 3 is 2.18 bits per heavy atom. The predicted octanol–water partition coefficient (Wildman–Crippen LogP) is 1.52. The van der Waals surface area contributed by atoms with Crippen molar-refractivity contribution in [1.29, 1.82) is 0 Å². The second-order valence-electron chi connectivity index (χ2n) is 4.33. The van der Waals surface area contributed by atoms with E-state index in [4.69, 9.17) is 5.73 Å². The first kappa shape index (κ1) is 10.9. The summed E-state index contributed by atoms with van der Waals surface area (Å²) in [5, 5.41) is 9.33. The van der Waals surface area contributed by atoms with Crippen LogP contribution in [-0.2, 0) is 0 Å². The van der Waals surface area contributed by atoms with E-state index in [0.717, 1.165) is 19.3 Å². The SMILES string of the molecule is CC(C)(C)CCC(O)CCN. The summed E-state index contributed by atoms with van der Waals surface area (Å²) >= 11 is 0. The molecule has 0 saturated heterocycles. The van der Waals surface area contributed by atoms with Crippen LogP contribution < -0.4 is 5.73 Å². The number of nitrogens with two attached hydrogens (primary N) is 1. The van der Waals surface area contributed by atoms with E-state index >= 15 is 0 Å². The molecule has 0 fully saturated rings. The maximum Gasteiger partial charge on any atom is 0.0552 e. The van der Waals surface area contributed by atoms with E-state index in [2.05, 4.69) is 20.8 Å². The summed E-state index contributed by atoms with van der Waals surface area (Å²) in [4.78, 5) is 0. The van der Waals surface area contributed by atoms with Crippen LogP contribution in [0.1, 0.15) is 40.0 Å². The number of aliphatic hydroxyl groups is 1. The summed E-state index contributed by atoms with van der Waals surface area (Å²) in [6.45, 7) is 7.14. The lowest BCUT2D eigenvalue weighted by Gasteiger charge is -2.19. The third-order valence-corrected chi connectivity index (χ3v) is 1.73. The fourth-order valence-corrected chi connectivity index (χ4v) is 0.936. The molecule has 3 N–H and O–H groups in total. The van der Waals surface area contributed by atoms with Gasteiger partial charge in [0.25, 0.3) is 0 Å². The Kier molecular flexibility index (Phi) is 4.69. The van der Waals surface area contributed by atoms with Crippen molar-refractivity contribution >= 4 is 0 Å². The van der Waals surface area contributed by atoms with E-state index < -0.39 is 0 Å². The minimum absolute atomic E-state index is 0.195. The molecular formula is C9H21NO. The van der Waals surface area contributed by atoms with Crippen LogP contribution in [0, 0.1) is 5.41 Å². The smallest absolute Gasteiger partial charge is 0.0552 e. The van der Waals surface area contributed by atoms with Gasteiger partial charge in [-0.05, 0) is 31.2 Å². The Labute approximate surface area is 69.8 Å². The first-order valence-electron chi connectivity index (χ1n) is 4.34. The highest BCUT2D eigenvalue weighted by molar-refractivity contribution is 4.65. The maximum absolute atomic E-state index is 9.33. The van der Waals surface area contributed by atoms with Crippen LogP contribution in [0.25, 0.3) is 0 Å². The van der Waals surface area contributed by atoms with Crippen LogP contribution in [-0.4, -0.2) is 17.8 Å². The zero-order valence-corrected chi connectivity index (χ0v) is 7.93. The molecule has 0 aromatic rings. The zero-order chi connectivity index (χ0) is 8.91. The molecule has 0 aliphatic carbocycles. The molecule has 0 rings (SSSR count). The lowest BCUT2D eigenvalue weighted by Crippen LogP contribution is -2.16. The number of hydrogen-bond donors (Lipinski definition) is 2. The van der Waals surface area contributed by atoms with E-state index in [1.807, 2.05) is 0 Å². The van der Waals surface area contributed by atoms with Gasteiger partial charge in [0.15, 0.2) is 0 Å². The van der Waals surface area contributed by atoms with E-state index in [1.54, 1.807) is 0 Å². The second-order valence-corrected chi connectivity index (χ2v) is 4.33. The van der Waals surface area contributed by atoms with Crippen molar-refractivity contribution in [3.05, 3.63) is 0 Å². The molecule has 11 heavy (non-hydrogen) atoms. The first-order valence-corrected chi connectivity index (χ1v) is 4.34. The van der Waals surface area contributed by atoms with Crippen molar-refractivity contribution < 1.29 is 5.11 Å². The van der Waals surface area contributed by atoms with Gasteiger partial charge in [0.1, 0.15) is 0 Å². The van der Waals surface area contributed by atoms with Crippen molar-refractivity contribution in [2.75, 3.05) is 6.54 Å². The molecule has 2 nitrogen and oxygen atoms in total. The number of aliphatic hydroxyl groups excluding tert-OH is 1. The highest BCUT2D eigenvalue weighted by Crippen LogP contribution is 2.21. The van der Waals surface area contributed by atoms with Crippen molar-refractivity contribution in [1.82, 2.24) is 0 Å². The molecule has 0 heterocycles. The van der Waals surface area contributed by atoms with Gasteiger partial charge in [0.2, 0.25) is 0 Å². The quantitative estimate of drug-likeness (QED) is 0.653. The van der Waals surface area contributed by atoms with Crippen LogP contribution in [0.5, 0.6) is 0 Å². The van der Waals surface area contributed by atoms with E-state index in [-0.39, 0.29) is 6.10 Å². The highest BCUT2D eigenvalue weighted by atomic mass is 16.3. The molecule has 0 aromatic carbocycles. The van der Waals surface area contributed by atoms with Gasteiger partial charge in [-0.3, -0.25) is 0 Å². The van der Waals surface area contributed by atoms with Crippen LogP contribution in [0.3, 0.4) is 0 Å². The first-order chi connectivity index (χ1) is 4.95. The van der Waals surface area contributed by atoms with Crippen molar-refractivity contribution in [2.24, 2.45) is 11.1 Å². The average molecular weight is 159 g/mol. The molecule has 1 unspecified atom stereocenters. The van der Waals surface area contributed by atoms with Gasteiger partial charge in [-0.2, -0.15) is 0 Å². The third-order valence-electron chi connectivity index (χ3n) is 1.73. The molecule has 0 radical (unpaired) electrons. The van der Waals surface area contributed by atoms with Crippen LogP contribution in [0.2, 0.25) is 0 Å². The second kappa shape index (κ2) is 4.73. The average Bonchev–Trinajstić information content (AvgIpc) is 1.83. The number of rotatable bonds is 4. The third kappa shape index (κ3) is 7.82. The lowest BCUT2D eigenvalue weighted by molar-refractivity contribution is 0.139. The monoisotopic (exact) mass is 159 g/mol. The topological polar surface area (TPSA) is 46.2 Å². The highest BCUT2D eigenvalue weighted by Gasteiger charge is 2.12. The van der Waals surface area contributed by atoms with Gasteiger partial charge in [-0.25, -0.2) is 0 Å². The van der Waals surface area contributed by atoms with Crippen molar-refractivity contribution in [2.45, 2.75) is 46.1 Å². The number of hydrogen-bond acceptors (Lipinski definition) is 2. The Morgan fingerprint density at radius 1 is 1.27 bits per heavy atom. The Hall–Kier alpha value is -0.0800. The lowest BCUT2D eigenvalue weighted by atomic mass is 9.89. The van der Waals surface area contributed by atoms with Crippen LogP contribution in [0.15, 0.2) is 0 Å². The fourth-order valence-electron chi connectivity index (χ4n) is 0.936. The summed E-state index contributed by atoms with van der Waals surface area (Å²) in [6.07, 6.45) is 2.48. The van der Waals surface area contributed by atoms with E-state index in [1.165, 1.54) is 0 Å². The molecule has 0 aliphatic rings. The maximum atomic E-state index is 9.33. The van der Waals surface area contributed by atoms with E-state index in [0.29, 0.717) is 12.0 Å². The molecule has 0 amide bonds. The summed E-state index contributed by atoms with van der Waals surface area (Å²) < 4.78 is 0. The van der Waals surface area contributed by atoms with Gasteiger partial charge in [-0.1, -0.05) is 20.8 Å². The van der Waals surface area contributed by atoms with E-state index in [9.17, 15) is 5.11 Å². The van der Waals surface area contributed by atoms with Crippen molar-refractivity contribution in [3.63, 3.8) is 0 Å². The zero-order valence-electron chi connectivity index (χ0n) is 7.93. The summed E-state index contributed by atoms with van der Waals surface area (Å²) in [5.74, 6) is 0. The minimum Gasteiger partial charge on any atom is -0.393 e. The molecule has 0 aliphatic heterocycles. The molecular weight excluding hydrogens is 138 g/mol. The Balaban J connectivity index is 3.38. The van der Waals surface area contributed by atoms with Gasteiger partial charge in [0.05, 0.1) is 6.10 Å². The predicted molar refractivity (Wildman–Crippen MR) is 48.4 cm³/mol. The van der Waals surface area contributed by atoms with Gasteiger partial charge < -0.3 is 10.8 Å². The molecule has 0 spiro atoms. The largest absolute Gasteiger partial charge is 0.393 e. The standard InChI is InChI=1S/C9H21NO/c1-9(2,3)6-4-8(11)5-7-10/h8,11H,4-7,10H2,1-3H3. The molecule has 2 heteroatoms. The Bertz CT molecular complexity index is 96.2. The molecule has 0 saturated carbocycles. The normalized spacial score (nSPS) is 15.0. The fraction of sp³-hybridized carbons (Fsp3) is 1.00. The van der Waals surface area contributed by atoms with Crippen LogP contribution >= 0.6 is 0 Å². The Morgan fingerprint density at radius 2 is 1.82 bits per heavy atom. The minimum atomic E-state index is -0.195. The molecule has 68 valence electrons. The molecule has 0 bridgehead atoms. The summed E-state index contributed by atoms with van der Waals surface area (Å²) in [5.41, 5.74) is 5.64. The molecule has 1 atom stereocenters. The molecule has 0 aromatic heterocycles. The summed E-state index contributed by atoms with van der Waals surface area (Å²) in [6, 6.07) is 0. The van der Waals surface area contributed by atoms with Gasteiger partial charge >= 0.3 is 0 Å². The van der Waals surface area contributed by atoms with Crippen molar-refractivity contribution in [3.8, 4) is 0 Å². The van der Waals surface area contributed by atoms with Gasteiger partial charge in [0, 0.05) is 0 Å².